The first-order valence-electron chi connectivity index (χ1n) is 8.51. The van der Waals surface area contributed by atoms with Crippen molar-refractivity contribution >= 4 is 6.03 Å². The first kappa shape index (κ1) is 16.5. The predicted octanol–water partition coefficient (Wildman–Crippen LogP) is 1.99. The van der Waals surface area contributed by atoms with Gasteiger partial charge in [-0.15, -0.1) is 0 Å². The molecular weight excluding hydrogens is 304 g/mol. The van der Waals surface area contributed by atoms with Gasteiger partial charge in [0, 0.05) is 24.4 Å². The van der Waals surface area contributed by atoms with Crippen LogP contribution in [0.2, 0.25) is 0 Å². The van der Waals surface area contributed by atoms with Gasteiger partial charge in [-0.3, -0.25) is 4.68 Å². The quantitative estimate of drug-likeness (QED) is 0.710. The van der Waals surface area contributed by atoms with Crippen LogP contribution in [0.4, 0.5) is 4.79 Å². The molecule has 1 aliphatic rings. The number of amides is 2. The van der Waals surface area contributed by atoms with Crippen molar-refractivity contribution in [3.8, 4) is 0 Å². The summed E-state index contributed by atoms with van der Waals surface area (Å²) in [6.45, 7) is 1.32. The Morgan fingerprint density at radius 1 is 1.33 bits per heavy atom. The van der Waals surface area contributed by atoms with E-state index in [0.717, 1.165) is 31.4 Å². The Balaban J connectivity index is 1.67. The highest BCUT2D eigenvalue weighted by Crippen LogP contribution is 2.29. The molecule has 24 heavy (non-hydrogen) atoms. The second-order valence-corrected chi connectivity index (χ2v) is 6.11. The second-order valence-electron chi connectivity index (χ2n) is 6.11. The van der Waals surface area contributed by atoms with Gasteiger partial charge in [-0.2, -0.15) is 5.10 Å². The van der Waals surface area contributed by atoms with Crippen LogP contribution in [-0.2, 0) is 13.0 Å². The van der Waals surface area contributed by atoms with Crippen LogP contribution in [-0.4, -0.2) is 34.1 Å². The lowest BCUT2D eigenvalue weighted by Gasteiger charge is -2.24. The van der Waals surface area contributed by atoms with Crippen LogP contribution in [0.15, 0.2) is 36.5 Å². The molecule has 1 aromatic carbocycles. The minimum atomic E-state index is -0.183. The molecule has 0 saturated heterocycles. The van der Waals surface area contributed by atoms with Crippen molar-refractivity contribution in [2.24, 2.45) is 0 Å². The van der Waals surface area contributed by atoms with Gasteiger partial charge >= 0.3 is 6.03 Å². The fourth-order valence-corrected chi connectivity index (χ4v) is 3.15. The number of carbonyl (C=O) groups excluding carboxylic acids is 1. The van der Waals surface area contributed by atoms with Gasteiger partial charge in [0.25, 0.3) is 0 Å². The fraction of sp³-hybridized carbons (Fsp3) is 0.444. The summed E-state index contributed by atoms with van der Waals surface area (Å²) in [5.74, 6) is 0. The van der Waals surface area contributed by atoms with Crippen LogP contribution in [0.5, 0.6) is 0 Å². The Hall–Kier alpha value is -2.34. The van der Waals surface area contributed by atoms with E-state index in [2.05, 4.69) is 27.9 Å². The van der Waals surface area contributed by atoms with Crippen LogP contribution < -0.4 is 10.6 Å². The lowest BCUT2D eigenvalue weighted by molar-refractivity contribution is 0.233. The van der Waals surface area contributed by atoms with Crippen LogP contribution in [0.25, 0.3) is 0 Å². The molecule has 1 unspecified atom stereocenters. The third-order valence-corrected chi connectivity index (χ3v) is 4.36. The van der Waals surface area contributed by atoms with Crippen molar-refractivity contribution in [1.82, 2.24) is 20.4 Å². The smallest absolute Gasteiger partial charge is 0.315 e. The summed E-state index contributed by atoms with van der Waals surface area (Å²) in [4.78, 5) is 12.0. The average Bonchev–Trinajstić information content (AvgIpc) is 3.00. The number of aliphatic hydroxyl groups is 1. The maximum absolute atomic E-state index is 12.0. The first-order valence-corrected chi connectivity index (χ1v) is 8.51. The summed E-state index contributed by atoms with van der Waals surface area (Å²) >= 11 is 0. The van der Waals surface area contributed by atoms with Crippen LogP contribution in [0.3, 0.4) is 0 Å². The largest absolute Gasteiger partial charge is 0.396 e. The van der Waals surface area contributed by atoms with Gasteiger partial charge in [0.05, 0.1) is 18.8 Å². The highest BCUT2D eigenvalue weighted by Gasteiger charge is 2.25. The number of benzene rings is 1. The number of hydrogen-bond donors (Lipinski definition) is 3. The van der Waals surface area contributed by atoms with E-state index < -0.39 is 0 Å². The zero-order valence-electron chi connectivity index (χ0n) is 13.7. The Morgan fingerprint density at radius 2 is 2.17 bits per heavy atom. The number of aliphatic hydroxyl groups excluding tert-OH is 1. The second kappa shape index (κ2) is 7.97. The molecule has 3 rings (SSSR count). The van der Waals surface area contributed by atoms with Crippen molar-refractivity contribution in [3.63, 3.8) is 0 Å². The maximum Gasteiger partial charge on any atom is 0.315 e. The lowest BCUT2D eigenvalue weighted by Crippen LogP contribution is -2.39. The van der Waals surface area contributed by atoms with E-state index >= 15 is 0 Å². The van der Waals surface area contributed by atoms with Gasteiger partial charge in [-0.05, 0) is 31.2 Å². The Kier molecular flexibility index (Phi) is 5.48. The third kappa shape index (κ3) is 3.94. The number of aromatic nitrogens is 2. The van der Waals surface area contributed by atoms with Crippen molar-refractivity contribution in [1.29, 1.82) is 0 Å². The Bertz CT molecular complexity index is 669. The molecule has 6 heteroatoms. The topological polar surface area (TPSA) is 79.2 Å². The molecule has 2 amide bonds. The summed E-state index contributed by atoms with van der Waals surface area (Å²) in [6, 6.07) is 10.1. The molecule has 2 aromatic rings. The molecule has 0 bridgehead atoms. The minimum Gasteiger partial charge on any atom is -0.396 e. The van der Waals surface area contributed by atoms with E-state index in [4.69, 9.17) is 5.11 Å². The molecular formula is C18H24N4O2. The van der Waals surface area contributed by atoms with E-state index in [1.807, 2.05) is 29.1 Å². The number of nitrogens with zero attached hydrogens (tertiary/aromatic N) is 2. The first-order chi connectivity index (χ1) is 11.8. The number of nitrogens with one attached hydrogen (secondary N) is 2. The van der Waals surface area contributed by atoms with Crippen molar-refractivity contribution < 1.29 is 9.90 Å². The SMILES string of the molecule is O=C(NCCCO)NC1CCCc2c1cnn2Cc1ccccc1. The van der Waals surface area contributed by atoms with Crippen LogP contribution in [0, 0.1) is 0 Å². The Labute approximate surface area is 141 Å². The zero-order valence-corrected chi connectivity index (χ0v) is 13.7. The molecule has 0 saturated carbocycles. The Morgan fingerprint density at radius 3 is 2.96 bits per heavy atom. The molecule has 1 aliphatic carbocycles. The maximum atomic E-state index is 12.0. The fourth-order valence-electron chi connectivity index (χ4n) is 3.15. The highest BCUT2D eigenvalue weighted by molar-refractivity contribution is 5.74. The van der Waals surface area contributed by atoms with Gasteiger partial charge in [-0.1, -0.05) is 30.3 Å². The number of rotatable bonds is 6. The number of carbonyl (C=O) groups is 1. The molecule has 0 spiro atoms. The summed E-state index contributed by atoms with van der Waals surface area (Å²) in [7, 11) is 0. The third-order valence-electron chi connectivity index (χ3n) is 4.36. The zero-order chi connectivity index (χ0) is 16.8. The minimum absolute atomic E-state index is 0.00685. The normalized spacial score (nSPS) is 16.5. The van der Waals surface area contributed by atoms with Crippen molar-refractivity contribution in [3.05, 3.63) is 53.3 Å². The summed E-state index contributed by atoms with van der Waals surface area (Å²) in [5, 5.41) is 19.1. The van der Waals surface area contributed by atoms with Gasteiger partial charge in [-0.25, -0.2) is 4.79 Å². The van der Waals surface area contributed by atoms with E-state index in [1.54, 1.807) is 0 Å². The number of urea groups is 1. The predicted molar refractivity (Wildman–Crippen MR) is 91.7 cm³/mol. The molecule has 0 fully saturated rings. The molecule has 1 heterocycles. The molecule has 1 aromatic heterocycles. The highest BCUT2D eigenvalue weighted by atomic mass is 16.3. The lowest BCUT2D eigenvalue weighted by atomic mass is 9.93. The molecule has 6 nitrogen and oxygen atoms in total. The standard InChI is InChI=1S/C18H24N4O2/c23-11-5-10-19-18(24)21-16-8-4-9-17-15(16)12-20-22(17)13-14-6-2-1-3-7-14/h1-3,6-7,12,16,23H,4-5,8-11,13H2,(H2,19,21,24). The van der Waals surface area contributed by atoms with Crippen LogP contribution in [0.1, 0.15) is 42.1 Å². The molecule has 3 N–H and O–H groups in total. The van der Waals surface area contributed by atoms with Crippen LogP contribution >= 0.6 is 0 Å². The summed E-state index contributed by atoms with van der Waals surface area (Å²) in [5.41, 5.74) is 3.56. The van der Waals surface area contributed by atoms with E-state index in [1.165, 1.54) is 11.3 Å². The van der Waals surface area contributed by atoms with E-state index in [-0.39, 0.29) is 18.7 Å². The van der Waals surface area contributed by atoms with Gasteiger partial charge in [0.2, 0.25) is 0 Å². The molecule has 1 atom stereocenters. The summed E-state index contributed by atoms with van der Waals surface area (Å²) < 4.78 is 2.04. The van der Waals surface area contributed by atoms with Crippen molar-refractivity contribution in [2.75, 3.05) is 13.2 Å². The average molecular weight is 328 g/mol. The monoisotopic (exact) mass is 328 g/mol. The molecule has 0 radical (unpaired) electrons. The van der Waals surface area contributed by atoms with E-state index in [0.29, 0.717) is 13.0 Å². The number of fused-ring (bicyclic) bond motifs is 1. The number of hydrogen-bond acceptors (Lipinski definition) is 3. The molecule has 128 valence electrons. The van der Waals surface area contributed by atoms with Gasteiger partial charge < -0.3 is 15.7 Å². The molecule has 0 aliphatic heterocycles. The van der Waals surface area contributed by atoms with E-state index in [9.17, 15) is 4.79 Å². The summed E-state index contributed by atoms with van der Waals surface area (Å²) in [6.07, 6.45) is 5.41. The van der Waals surface area contributed by atoms with Crippen molar-refractivity contribution in [2.45, 2.75) is 38.3 Å². The van der Waals surface area contributed by atoms with Gasteiger partial charge in [0.15, 0.2) is 0 Å². The van der Waals surface area contributed by atoms with Gasteiger partial charge in [0.1, 0.15) is 0 Å².